The molecule has 0 spiro atoms. The standard InChI is InChI=1S/C14H27NOSi/c1-11-9-12(16-15-11)10-17(8,13(2,3)4)14(5,6)7/h9H,10H2,1-8H3. The fraction of sp³-hybridized carbons (Fsp3) is 0.786. The lowest BCUT2D eigenvalue weighted by molar-refractivity contribution is 0.386. The first-order valence-electron chi connectivity index (χ1n) is 6.39. The molecule has 17 heavy (non-hydrogen) atoms. The maximum absolute atomic E-state index is 5.44. The summed E-state index contributed by atoms with van der Waals surface area (Å²) in [6.45, 7) is 18.7. The van der Waals surface area contributed by atoms with Gasteiger partial charge >= 0.3 is 0 Å². The predicted octanol–water partition coefficient (Wildman–Crippen LogP) is 4.74. The van der Waals surface area contributed by atoms with Crippen molar-refractivity contribution in [2.45, 2.75) is 71.1 Å². The largest absolute Gasteiger partial charge is 0.361 e. The molecule has 1 aromatic rings. The van der Waals surface area contributed by atoms with Crippen molar-refractivity contribution in [1.29, 1.82) is 0 Å². The molecule has 0 unspecified atom stereocenters. The smallest absolute Gasteiger partial charge is 0.134 e. The van der Waals surface area contributed by atoms with Crippen molar-refractivity contribution in [1.82, 2.24) is 5.16 Å². The number of aryl methyl sites for hydroxylation is 1. The fourth-order valence-corrected chi connectivity index (χ4v) is 6.68. The number of aromatic nitrogens is 1. The SMILES string of the molecule is Cc1cc(C[Si](C)(C(C)(C)C)C(C)(C)C)on1. The van der Waals surface area contributed by atoms with Gasteiger partial charge in [-0.25, -0.2) is 0 Å². The Morgan fingerprint density at radius 1 is 1.12 bits per heavy atom. The molecule has 1 aromatic heterocycles. The molecule has 0 bridgehead atoms. The van der Waals surface area contributed by atoms with Crippen molar-refractivity contribution in [3.05, 3.63) is 17.5 Å². The Labute approximate surface area is 107 Å². The van der Waals surface area contributed by atoms with Crippen molar-refractivity contribution in [2.24, 2.45) is 0 Å². The molecule has 3 heteroatoms. The Morgan fingerprint density at radius 2 is 1.59 bits per heavy atom. The highest BCUT2D eigenvalue weighted by Gasteiger charge is 2.49. The molecule has 0 saturated carbocycles. The summed E-state index contributed by atoms with van der Waals surface area (Å²) in [7, 11) is -1.51. The van der Waals surface area contributed by atoms with Crippen LogP contribution >= 0.6 is 0 Å². The summed E-state index contributed by atoms with van der Waals surface area (Å²) in [6, 6.07) is 3.16. The van der Waals surface area contributed by atoms with Crippen LogP contribution in [0.25, 0.3) is 0 Å². The Bertz CT molecular complexity index is 368. The second-order valence-electron chi connectivity index (χ2n) is 7.44. The summed E-state index contributed by atoms with van der Waals surface area (Å²) in [6.07, 6.45) is 0. The van der Waals surface area contributed by atoms with E-state index in [9.17, 15) is 0 Å². The van der Waals surface area contributed by atoms with E-state index >= 15 is 0 Å². The van der Waals surface area contributed by atoms with E-state index in [1.54, 1.807) is 0 Å². The van der Waals surface area contributed by atoms with Gasteiger partial charge in [0.15, 0.2) is 0 Å². The molecular formula is C14H27NOSi. The van der Waals surface area contributed by atoms with E-state index in [1.165, 1.54) is 0 Å². The molecule has 0 fully saturated rings. The minimum Gasteiger partial charge on any atom is -0.361 e. The highest BCUT2D eigenvalue weighted by Crippen LogP contribution is 2.52. The topological polar surface area (TPSA) is 26.0 Å². The van der Waals surface area contributed by atoms with E-state index in [0.29, 0.717) is 10.1 Å². The summed E-state index contributed by atoms with van der Waals surface area (Å²) >= 11 is 0. The van der Waals surface area contributed by atoms with E-state index in [4.69, 9.17) is 4.52 Å². The van der Waals surface area contributed by atoms with Crippen molar-refractivity contribution in [3.63, 3.8) is 0 Å². The average molecular weight is 253 g/mol. The van der Waals surface area contributed by atoms with Gasteiger partial charge in [-0.05, 0) is 17.0 Å². The minimum atomic E-state index is -1.51. The highest BCUT2D eigenvalue weighted by atomic mass is 28.3. The Hall–Kier alpha value is -0.573. The van der Waals surface area contributed by atoms with Crippen molar-refractivity contribution >= 4 is 8.07 Å². The van der Waals surface area contributed by atoms with Gasteiger partial charge in [0.1, 0.15) is 5.76 Å². The zero-order valence-electron chi connectivity index (χ0n) is 12.6. The lowest BCUT2D eigenvalue weighted by Crippen LogP contribution is -2.51. The lowest BCUT2D eigenvalue weighted by atomic mass is 10.2. The molecule has 0 atom stereocenters. The van der Waals surface area contributed by atoms with E-state index < -0.39 is 8.07 Å². The molecule has 0 amide bonds. The summed E-state index contributed by atoms with van der Waals surface area (Å²) in [5, 5.41) is 4.72. The van der Waals surface area contributed by atoms with E-state index in [1.807, 2.05) is 6.92 Å². The van der Waals surface area contributed by atoms with Crippen molar-refractivity contribution < 1.29 is 4.52 Å². The molecule has 1 rings (SSSR count). The van der Waals surface area contributed by atoms with Crippen molar-refractivity contribution in [2.75, 3.05) is 0 Å². The van der Waals surface area contributed by atoms with Crippen LogP contribution in [0.4, 0.5) is 0 Å². The van der Waals surface area contributed by atoms with Gasteiger partial charge in [0.2, 0.25) is 0 Å². The van der Waals surface area contributed by atoms with Crippen LogP contribution in [0.15, 0.2) is 10.6 Å². The Kier molecular flexibility index (Phi) is 3.64. The number of hydrogen-bond donors (Lipinski definition) is 0. The summed E-state index contributed by atoms with van der Waals surface area (Å²) < 4.78 is 5.44. The molecule has 0 saturated heterocycles. The minimum absolute atomic E-state index is 0.353. The first kappa shape index (κ1) is 14.5. The monoisotopic (exact) mass is 253 g/mol. The zero-order chi connectivity index (χ0) is 13.5. The second kappa shape index (κ2) is 4.27. The normalized spacial score (nSPS) is 14.1. The molecule has 2 nitrogen and oxygen atoms in total. The summed E-state index contributed by atoms with van der Waals surface area (Å²) in [5.41, 5.74) is 0.985. The van der Waals surface area contributed by atoms with Gasteiger partial charge in [-0.15, -0.1) is 0 Å². The van der Waals surface area contributed by atoms with Gasteiger partial charge in [0.05, 0.1) is 13.8 Å². The third-order valence-electron chi connectivity index (χ3n) is 4.52. The molecule has 0 aliphatic carbocycles. The predicted molar refractivity (Wildman–Crippen MR) is 76.0 cm³/mol. The molecule has 98 valence electrons. The third kappa shape index (κ3) is 2.82. The average Bonchev–Trinajstić information content (AvgIpc) is 2.47. The fourth-order valence-electron chi connectivity index (χ4n) is 2.50. The maximum atomic E-state index is 5.44. The number of rotatable bonds is 2. The van der Waals surface area contributed by atoms with Crippen LogP contribution in [0, 0.1) is 6.92 Å². The summed E-state index contributed by atoms with van der Waals surface area (Å²) in [5.74, 6) is 1.06. The number of nitrogens with zero attached hydrogens (tertiary/aromatic N) is 1. The van der Waals surface area contributed by atoms with Crippen molar-refractivity contribution in [3.8, 4) is 0 Å². The molecular weight excluding hydrogens is 226 g/mol. The molecule has 0 radical (unpaired) electrons. The van der Waals surface area contributed by atoms with Crippen LogP contribution in [-0.4, -0.2) is 13.2 Å². The van der Waals surface area contributed by atoms with Gasteiger partial charge < -0.3 is 4.52 Å². The van der Waals surface area contributed by atoms with Crippen LogP contribution < -0.4 is 0 Å². The molecule has 0 N–H and O–H groups in total. The second-order valence-corrected chi connectivity index (χ2v) is 13.5. The third-order valence-corrected chi connectivity index (χ3v) is 12.2. The van der Waals surface area contributed by atoms with E-state index in [-0.39, 0.29) is 0 Å². The zero-order valence-corrected chi connectivity index (χ0v) is 13.6. The van der Waals surface area contributed by atoms with Gasteiger partial charge in [0.25, 0.3) is 0 Å². The van der Waals surface area contributed by atoms with Gasteiger partial charge in [-0.2, -0.15) is 0 Å². The van der Waals surface area contributed by atoms with Crippen LogP contribution in [0.1, 0.15) is 53.0 Å². The van der Waals surface area contributed by atoms with Crippen LogP contribution in [0.2, 0.25) is 16.6 Å². The Morgan fingerprint density at radius 3 is 1.88 bits per heavy atom. The number of hydrogen-bond acceptors (Lipinski definition) is 2. The molecule has 0 aliphatic rings. The van der Waals surface area contributed by atoms with E-state index in [0.717, 1.165) is 17.5 Å². The first-order chi connectivity index (χ1) is 7.47. The molecule has 1 heterocycles. The van der Waals surface area contributed by atoms with Crippen LogP contribution in [0.5, 0.6) is 0 Å². The highest BCUT2D eigenvalue weighted by molar-refractivity contribution is 6.83. The Balaban J connectivity index is 3.10. The van der Waals surface area contributed by atoms with Crippen LogP contribution in [0.3, 0.4) is 0 Å². The molecule has 0 aliphatic heterocycles. The molecule has 0 aromatic carbocycles. The van der Waals surface area contributed by atoms with Crippen LogP contribution in [-0.2, 0) is 6.04 Å². The van der Waals surface area contributed by atoms with Gasteiger partial charge in [-0.1, -0.05) is 53.2 Å². The summed E-state index contributed by atoms with van der Waals surface area (Å²) in [4.78, 5) is 0. The first-order valence-corrected chi connectivity index (χ1v) is 9.10. The lowest BCUT2D eigenvalue weighted by Gasteiger charge is -2.49. The van der Waals surface area contributed by atoms with Gasteiger partial charge in [0, 0.05) is 12.1 Å². The maximum Gasteiger partial charge on any atom is 0.134 e. The van der Waals surface area contributed by atoms with Gasteiger partial charge in [-0.3, -0.25) is 0 Å². The van der Waals surface area contributed by atoms with E-state index in [2.05, 4.69) is 59.3 Å². The quantitative estimate of drug-likeness (QED) is 0.711.